The van der Waals surface area contributed by atoms with E-state index < -0.39 is 0 Å². The average Bonchev–Trinajstić information content (AvgIpc) is 2.70. The lowest BCUT2D eigenvalue weighted by atomic mass is 10.2. The Hall–Kier alpha value is -2.51. The van der Waals surface area contributed by atoms with E-state index in [4.69, 9.17) is 0 Å². The molecule has 1 amide bonds. The van der Waals surface area contributed by atoms with Gasteiger partial charge in [-0.25, -0.2) is 4.98 Å². The van der Waals surface area contributed by atoms with Gasteiger partial charge in [-0.15, -0.1) is 11.8 Å². The number of carbonyl (C=O) groups excluding carboxylic acids is 1. The maximum absolute atomic E-state index is 12.0. The first-order valence-electron chi connectivity index (χ1n) is 8.40. The highest BCUT2D eigenvalue weighted by molar-refractivity contribution is 7.99. The number of H-pyrrole nitrogens is 1. The van der Waals surface area contributed by atoms with E-state index in [0.717, 1.165) is 10.5 Å². The van der Waals surface area contributed by atoms with E-state index in [0.29, 0.717) is 23.1 Å². The fourth-order valence-corrected chi connectivity index (χ4v) is 3.82. The van der Waals surface area contributed by atoms with Crippen LogP contribution in [0.4, 0.5) is 0 Å². The average molecular weight is 398 g/mol. The number of rotatable bonds is 8. The van der Waals surface area contributed by atoms with Crippen LogP contribution in [0.1, 0.15) is 11.3 Å². The van der Waals surface area contributed by atoms with Gasteiger partial charge in [-0.2, -0.15) is 0 Å². The highest BCUT2D eigenvalue weighted by Crippen LogP contribution is 2.21. The number of aromatic amines is 1. The minimum atomic E-state index is -0.208. The molecule has 0 saturated heterocycles. The molecule has 3 aromatic rings. The minimum Gasteiger partial charge on any atom is -0.351 e. The van der Waals surface area contributed by atoms with Gasteiger partial charge in [0.25, 0.3) is 5.56 Å². The van der Waals surface area contributed by atoms with Gasteiger partial charge in [-0.1, -0.05) is 60.3 Å². The molecule has 1 heterocycles. The molecule has 0 saturated carbocycles. The van der Waals surface area contributed by atoms with Crippen LogP contribution in [0.15, 0.2) is 81.6 Å². The van der Waals surface area contributed by atoms with Crippen molar-refractivity contribution in [2.75, 3.05) is 5.75 Å². The van der Waals surface area contributed by atoms with Gasteiger partial charge in [0, 0.05) is 23.3 Å². The van der Waals surface area contributed by atoms with Crippen molar-refractivity contribution in [2.24, 2.45) is 0 Å². The first-order valence-corrected chi connectivity index (χ1v) is 10.4. The number of aromatic nitrogens is 2. The highest BCUT2D eigenvalue weighted by atomic mass is 32.2. The Morgan fingerprint density at radius 1 is 1.00 bits per heavy atom. The summed E-state index contributed by atoms with van der Waals surface area (Å²) in [5, 5.41) is 3.32. The molecule has 138 valence electrons. The lowest BCUT2D eigenvalue weighted by Gasteiger charge is -2.06. The van der Waals surface area contributed by atoms with E-state index in [9.17, 15) is 9.59 Å². The molecule has 27 heavy (non-hydrogen) atoms. The van der Waals surface area contributed by atoms with E-state index in [1.807, 2.05) is 60.7 Å². The van der Waals surface area contributed by atoms with Crippen LogP contribution in [0.2, 0.25) is 0 Å². The Morgan fingerprint density at radius 3 is 2.44 bits per heavy atom. The zero-order valence-electron chi connectivity index (χ0n) is 14.6. The molecule has 0 aliphatic rings. The van der Waals surface area contributed by atoms with Crippen LogP contribution in [0.25, 0.3) is 0 Å². The number of nitrogens with one attached hydrogen (secondary N) is 2. The molecule has 3 rings (SSSR count). The third-order valence-electron chi connectivity index (χ3n) is 3.58. The predicted molar refractivity (Wildman–Crippen MR) is 110 cm³/mol. The van der Waals surface area contributed by atoms with Gasteiger partial charge in [0.1, 0.15) is 0 Å². The van der Waals surface area contributed by atoms with E-state index in [-0.39, 0.29) is 17.2 Å². The predicted octanol–water partition coefficient (Wildman–Crippen LogP) is 3.47. The van der Waals surface area contributed by atoms with Crippen LogP contribution >= 0.6 is 23.5 Å². The number of carbonyl (C=O) groups is 1. The second kappa shape index (κ2) is 9.99. The molecular weight excluding hydrogens is 378 g/mol. The van der Waals surface area contributed by atoms with Gasteiger partial charge in [0.15, 0.2) is 5.16 Å². The number of hydrogen-bond acceptors (Lipinski definition) is 5. The van der Waals surface area contributed by atoms with Crippen molar-refractivity contribution in [3.63, 3.8) is 0 Å². The number of benzene rings is 2. The molecule has 5 nitrogen and oxygen atoms in total. The van der Waals surface area contributed by atoms with Crippen LogP contribution in [-0.4, -0.2) is 21.6 Å². The van der Waals surface area contributed by atoms with Crippen molar-refractivity contribution >= 4 is 29.4 Å². The molecule has 1 aromatic heterocycles. The zero-order valence-corrected chi connectivity index (χ0v) is 16.2. The van der Waals surface area contributed by atoms with Gasteiger partial charge in [-0.3, -0.25) is 9.59 Å². The van der Waals surface area contributed by atoms with Crippen LogP contribution in [0.5, 0.6) is 0 Å². The fraction of sp³-hybridized carbons (Fsp3) is 0.150. The molecule has 0 radical (unpaired) electrons. The van der Waals surface area contributed by atoms with Gasteiger partial charge in [-0.05, 0) is 17.7 Å². The van der Waals surface area contributed by atoms with Crippen LogP contribution in [0.3, 0.4) is 0 Å². The summed E-state index contributed by atoms with van der Waals surface area (Å²) in [7, 11) is 0. The van der Waals surface area contributed by atoms with Crippen molar-refractivity contribution in [2.45, 2.75) is 22.3 Å². The molecule has 0 spiro atoms. The van der Waals surface area contributed by atoms with Crippen molar-refractivity contribution in [3.05, 3.63) is 88.3 Å². The molecule has 2 N–H and O–H groups in total. The molecule has 0 aliphatic carbocycles. The first-order chi connectivity index (χ1) is 13.2. The zero-order chi connectivity index (χ0) is 18.9. The Kier molecular flexibility index (Phi) is 7.12. The maximum Gasteiger partial charge on any atom is 0.251 e. The van der Waals surface area contributed by atoms with E-state index in [1.54, 1.807) is 11.8 Å². The Morgan fingerprint density at radius 2 is 1.70 bits per heavy atom. The van der Waals surface area contributed by atoms with Gasteiger partial charge < -0.3 is 10.3 Å². The summed E-state index contributed by atoms with van der Waals surface area (Å²) in [6, 6.07) is 21.2. The van der Waals surface area contributed by atoms with Crippen molar-refractivity contribution in [1.29, 1.82) is 0 Å². The Bertz CT molecular complexity index is 931. The molecule has 0 bridgehead atoms. The maximum atomic E-state index is 12.0. The van der Waals surface area contributed by atoms with Crippen molar-refractivity contribution < 1.29 is 4.79 Å². The summed E-state index contributed by atoms with van der Waals surface area (Å²) in [4.78, 5) is 32.1. The van der Waals surface area contributed by atoms with E-state index in [1.165, 1.54) is 17.8 Å². The second-order valence-corrected chi connectivity index (χ2v) is 7.71. The number of hydrogen-bond donors (Lipinski definition) is 2. The third kappa shape index (κ3) is 6.62. The lowest BCUT2D eigenvalue weighted by molar-refractivity contribution is -0.118. The lowest BCUT2D eigenvalue weighted by Crippen LogP contribution is -2.24. The monoisotopic (exact) mass is 397 g/mol. The van der Waals surface area contributed by atoms with Gasteiger partial charge >= 0.3 is 0 Å². The normalized spacial score (nSPS) is 10.5. The smallest absolute Gasteiger partial charge is 0.251 e. The molecule has 0 atom stereocenters. The molecule has 7 heteroatoms. The Labute approximate surface area is 166 Å². The van der Waals surface area contributed by atoms with Gasteiger partial charge in [0.2, 0.25) is 5.91 Å². The van der Waals surface area contributed by atoms with E-state index >= 15 is 0 Å². The standard InChI is InChI=1S/C20H19N3O2S2/c24-18-11-16(13-26-17-9-5-2-6-10-17)22-20(23-18)27-14-19(25)21-12-15-7-3-1-4-8-15/h1-11H,12-14H2,(H,21,25)(H,22,23,24). The molecule has 0 aliphatic heterocycles. The topological polar surface area (TPSA) is 74.8 Å². The summed E-state index contributed by atoms with van der Waals surface area (Å²) < 4.78 is 0. The van der Waals surface area contributed by atoms with Crippen LogP contribution < -0.4 is 10.9 Å². The molecule has 0 unspecified atom stereocenters. The Balaban J connectivity index is 1.51. The van der Waals surface area contributed by atoms with Gasteiger partial charge in [0.05, 0.1) is 11.4 Å². The summed E-state index contributed by atoms with van der Waals surface area (Å²) in [6.07, 6.45) is 0. The fourth-order valence-electron chi connectivity index (χ4n) is 2.28. The molecule has 2 aromatic carbocycles. The number of nitrogens with zero attached hydrogens (tertiary/aromatic N) is 1. The quantitative estimate of drug-likeness (QED) is 0.450. The summed E-state index contributed by atoms with van der Waals surface area (Å²) >= 11 is 2.84. The van der Waals surface area contributed by atoms with Crippen LogP contribution in [0, 0.1) is 0 Å². The minimum absolute atomic E-state index is 0.101. The summed E-state index contributed by atoms with van der Waals surface area (Å²) in [5.41, 5.74) is 1.53. The van der Waals surface area contributed by atoms with Crippen molar-refractivity contribution in [3.8, 4) is 0 Å². The number of thioether (sulfide) groups is 2. The van der Waals surface area contributed by atoms with E-state index in [2.05, 4.69) is 15.3 Å². The molecular formula is C20H19N3O2S2. The summed E-state index contributed by atoms with van der Waals surface area (Å²) in [5.74, 6) is 0.697. The first kappa shape index (κ1) is 19.3. The SMILES string of the molecule is O=C(CSc1nc(CSc2ccccc2)cc(=O)[nH]1)NCc1ccccc1. The number of amides is 1. The highest BCUT2D eigenvalue weighted by Gasteiger charge is 2.07. The third-order valence-corrected chi connectivity index (χ3v) is 5.49. The largest absolute Gasteiger partial charge is 0.351 e. The van der Waals surface area contributed by atoms with Crippen molar-refractivity contribution in [1.82, 2.24) is 15.3 Å². The van der Waals surface area contributed by atoms with Crippen LogP contribution in [-0.2, 0) is 17.1 Å². The second-order valence-electron chi connectivity index (χ2n) is 5.69. The summed E-state index contributed by atoms with van der Waals surface area (Å²) in [6.45, 7) is 0.484. The molecule has 0 fully saturated rings.